The van der Waals surface area contributed by atoms with Crippen molar-refractivity contribution in [2.24, 2.45) is 0 Å². The van der Waals surface area contributed by atoms with E-state index in [4.69, 9.17) is 0 Å². The molecule has 0 bridgehead atoms. The SMILES string of the molecule is O=Cc1cn(C2CC2)c2nc(F)c(F)cc2c1=O. The van der Waals surface area contributed by atoms with Crippen molar-refractivity contribution in [2.45, 2.75) is 18.9 Å². The lowest BCUT2D eigenvalue weighted by atomic mass is 10.2. The summed E-state index contributed by atoms with van der Waals surface area (Å²) in [6.07, 6.45) is 3.52. The van der Waals surface area contributed by atoms with Gasteiger partial charge in [-0.2, -0.15) is 9.37 Å². The lowest BCUT2D eigenvalue weighted by Crippen LogP contribution is -2.16. The average Bonchev–Trinajstić information content (AvgIpc) is 3.17. The molecule has 3 rings (SSSR count). The van der Waals surface area contributed by atoms with Crippen LogP contribution in [0.5, 0.6) is 0 Å². The molecule has 18 heavy (non-hydrogen) atoms. The minimum absolute atomic E-state index is 0.0644. The fourth-order valence-corrected chi connectivity index (χ4v) is 1.96. The van der Waals surface area contributed by atoms with Gasteiger partial charge in [0.1, 0.15) is 5.65 Å². The number of hydrogen-bond acceptors (Lipinski definition) is 3. The number of aldehydes is 1. The minimum Gasteiger partial charge on any atom is -0.328 e. The Kier molecular flexibility index (Phi) is 2.26. The van der Waals surface area contributed by atoms with Gasteiger partial charge in [0.05, 0.1) is 10.9 Å². The van der Waals surface area contributed by atoms with Crippen molar-refractivity contribution in [3.8, 4) is 0 Å². The fraction of sp³-hybridized carbons (Fsp3) is 0.250. The Bertz CT molecular complexity index is 720. The van der Waals surface area contributed by atoms with E-state index >= 15 is 0 Å². The molecule has 1 aliphatic carbocycles. The third-order valence-electron chi connectivity index (χ3n) is 3.01. The number of rotatable bonds is 2. The minimum atomic E-state index is -1.24. The maximum Gasteiger partial charge on any atom is 0.250 e. The first-order chi connectivity index (χ1) is 8.61. The summed E-state index contributed by atoms with van der Waals surface area (Å²) in [5.74, 6) is -2.43. The van der Waals surface area contributed by atoms with Gasteiger partial charge in [0.15, 0.2) is 12.1 Å². The van der Waals surface area contributed by atoms with E-state index in [1.54, 1.807) is 4.57 Å². The molecule has 2 aromatic rings. The van der Waals surface area contributed by atoms with E-state index in [-0.39, 0.29) is 22.6 Å². The van der Waals surface area contributed by atoms with Crippen LogP contribution < -0.4 is 5.43 Å². The summed E-state index contributed by atoms with van der Waals surface area (Å²) < 4.78 is 27.9. The van der Waals surface area contributed by atoms with Crippen LogP contribution in [0, 0.1) is 11.8 Å². The summed E-state index contributed by atoms with van der Waals surface area (Å²) in [7, 11) is 0. The van der Waals surface area contributed by atoms with E-state index in [9.17, 15) is 18.4 Å². The summed E-state index contributed by atoms with van der Waals surface area (Å²) in [6.45, 7) is 0. The van der Waals surface area contributed by atoms with Gasteiger partial charge in [-0.05, 0) is 18.9 Å². The van der Waals surface area contributed by atoms with Gasteiger partial charge in [-0.3, -0.25) is 9.59 Å². The fourth-order valence-electron chi connectivity index (χ4n) is 1.96. The van der Waals surface area contributed by atoms with E-state index in [0.29, 0.717) is 6.29 Å². The molecule has 6 heteroatoms. The van der Waals surface area contributed by atoms with Crippen LogP contribution in [-0.2, 0) is 0 Å². The number of carbonyl (C=O) groups is 1. The first-order valence-corrected chi connectivity index (χ1v) is 5.48. The second kappa shape index (κ2) is 3.69. The second-order valence-corrected chi connectivity index (χ2v) is 4.30. The van der Waals surface area contributed by atoms with E-state index < -0.39 is 17.2 Å². The largest absolute Gasteiger partial charge is 0.328 e. The van der Waals surface area contributed by atoms with Crippen LogP contribution in [0.4, 0.5) is 8.78 Å². The Morgan fingerprint density at radius 1 is 1.39 bits per heavy atom. The molecule has 0 N–H and O–H groups in total. The van der Waals surface area contributed by atoms with Crippen LogP contribution in [0.25, 0.3) is 11.0 Å². The Labute approximate surface area is 99.9 Å². The predicted octanol–water partition coefficient (Wildman–Crippen LogP) is 1.82. The van der Waals surface area contributed by atoms with Crippen LogP contribution in [0.2, 0.25) is 0 Å². The number of nitrogens with zero attached hydrogens (tertiary/aromatic N) is 2. The van der Waals surface area contributed by atoms with E-state index in [1.807, 2.05) is 0 Å². The summed E-state index contributed by atoms with van der Waals surface area (Å²) in [5, 5.41) is -0.0644. The highest BCUT2D eigenvalue weighted by atomic mass is 19.2. The smallest absolute Gasteiger partial charge is 0.250 e. The summed E-state index contributed by atoms with van der Waals surface area (Å²) in [5.41, 5.74) is -0.600. The molecule has 2 aromatic heterocycles. The van der Waals surface area contributed by atoms with Crippen LogP contribution in [-0.4, -0.2) is 15.8 Å². The van der Waals surface area contributed by atoms with Crippen LogP contribution >= 0.6 is 0 Å². The second-order valence-electron chi connectivity index (χ2n) is 4.30. The molecule has 1 aliphatic rings. The highest BCUT2D eigenvalue weighted by Crippen LogP contribution is 2.36. The first-order valence-electron chi connectivity index (χ1n) is 5.48. The maximum absolute atomic E-state index is 13.2. The van der Waals surface area contributed by atoms with Gasteiger partial charge in [0.2, 0.25) is 5.43 Å². The highest BCUT2D eigenvalue weighted by molar-refractivity contribution is 5.84. The number of pyridine rings is 2. The monoisotopic (exact) mass is 250 g/mol. The molecule has 0 amide bonds. The van der Waals surface area contributed by atoms with Crippen molar-refractivity contribution in [1.29, 1.82) is 0 Å². The van der Waals surface area contributed by atoms with Crippen LogP contribution in [0.1, 0.15) is 29.2 Å². The van der Waals surface area contributed by atoms with Crippen LogP contribution in [0.3, 0.4) is 0 Å². The predicted molar refractivity (Wildman–Crippen MR) is 59.6 cm³/mol. The Morgan fingerprint density at radius 3 is 2.72 bits per heavy atom. The van der Waals surface area contributed by atoms with Crippen molar-refractivity contribution < 1.29 is 13.6 Å². The lowest BCUT2D eigenvalue weighted by molar-refractivity contribution is 0.112. The van der Waals surface area contributed by atoms with E-state index in [2.05, 4.69) is 4.98 Å². The van der Waals surface area contributed by atoms with Crippen molar-refractivity contribution in [3.05, 3.63) is 39.8 Å². The molecule has 1 saturated carbocycles. The molecule has 4 nitrogen and oxygen atoms in total. The quantitative estimate of drug-likeness (QED) is 0.603. The van der Waals surface area contributed by atoms with Gasteiger partial charge in [-0.15, -0.1) is 0 Å². The van der Waals surface area contributed by atoms with Gasteiger partial charge in [0.25, 0.3) is 5.95 Å². The Balaban J connectivity index is 2.46. The molecule has 0 radical (unpaired) electrons. The van der Waals surface area contributed by atoms with Gasteiger partial charge in [-0.25, -0.2) is 4.39 Å². The summed E-state index contributed by atoms with van der Waals surface area (Å²) in [6, 6.07) is 0.899. The molecule has 0 aliphatic heterocycles. The highest BCUT2D eigenvalue weighted by Gasteiger charge is 2.26. The van der Waals surface area contributed by atoms with Crippen LogP contribution in [0.15, 0.2) is 17.1 Å². The summed E-state index contributed by atoms with van der Waals surface area (Å²) in [4.78, 5) is 26.1. The van der Waals surface area contributed by atoms with Crippen molar-refractivity contribution in [3.63, 3.8) is 0 Å². The molecular formula is C12H8F2N2O2. The lowest BCUT2D eigenvalue weighted by Gasteiger charge is -2.09. The zero-order valence-corrected chi connectivity index (χ0v) is 9.19. The van der Waals surface area contributed by atoms with Gasteiger partial charge >= 0.3 is 0 Å². The number of aromatic nitrogens is 2. The number of carbonyl (C=O) groups excluding carboxylic acids is 1. The maximum atomic E-state index is 13.2. The third kappa shape index (κ3) is 1.53. The molecule has 0 unspecified atom stereocenters. The molecule has 0 spiro atoms. The third-order valence-corrected chi connectivity index (χ3v) is 3.01. The molecule has 0 saturated heterocycles. The zero-order chi connectivity index (χ0) is 12.9. The molecule has 0 atom stereocenters. The molecular weight excluding hydrogens is 242 g/mol. The molecule has 2 heterocycles. The van der Waals surface area contributed by atoms with Crippen molar-refractivity contribution >= 4 is 17.3 Å². The standard InChI is InChI=1S/C12H8F2N2O2/c13-9-3-8-10(18)6(5-17)4-16(7-1-2-7)12(8)15-11(9)14/h3-5,7H,1-2H2. The van der Waals surface area contributed by atoms with Gasteiger partial charge in [-0.1, -0.05) is 0 Å². The normalized spacial score (nSPS) is 15.0. The van der Waals surface area contributed by atoms with Gasteiger partial charge in [0, 0.05) is 12.2 Å². The number of halogens is 2. The Morgan fingerprint density at radius 2 is 2.11 bits per heavy atom. The van der Waals surface area contributed by atoms with Gasteiger partial charge < -0.3 is 4.57 Å². The molecule has 1 fully saturated rings. The van der Waals surface area contributed by atoms with Crippen molar-refractivity contribution in [1.82, 2.24) is 9.55 Å². The topological polar surface area (TPSA) is 52.0 Å². The number of hydrogen-bond donors (Lipinski definition) is 0. The zero-order valence-electron chi connectivity index (χ0n) is 9.19. The number of fused-ring (bicyclic) bond motifs is 1. The van der Waals surface area contributed by atoms with Crippen molar-refractivity contribution in [2.75, 3.05) is 0 Å². The Hall–Kier alpha value is -2.11. The average molecular weight is 250 g/mol. The van der Waals surface area contributed by atoms with E-state index in [1.165, 1.54) is 6.20 Å². The summed E-state index contributed by atoms with van der Waals surface area (Å²) >= 11 is 0. The first kappa shape index (κ1) is 11.0. The van der Waals surface area contributed by atoms with E-state index in [0.717, 1.165) is 18.9 Å². The molecule has 92 valence electrons. The molecule has 0 aromatic carbocycles.